The topological polar surface area (TPSA) is 83.5 Å². The molecule has 0 radical (unpaired) electrons. The third-order valence-electron chi connectivity index (χ3n) is 3.71. The first-order valence-corrected chi connectivity index (χ1v) is 9.17. The Morgan fingerprint density at radius 2 is 1.75 bits per heavy atom. The normalized spacial score (nSPS) is 13.0. The lowest BCUT2D eigenvalue weighted by Crippen LogP contribution is -2.42. The van der Waals surface area contributed by atoms with Crippen molar-refractivity contribution in [3.8, 4) is 0 Å². The minimum Gasteiger partial charge on any atom is -0.480 e. The van der Waals surface area contributed by atoms with E-state index in [0.717, 1.165) is 11.1 Å². The summed E-state index contributed by atoms with van der Waals surface area (Å²) < 4.78 is 27.4. The SMILES string of the molecule is CC(C)c1cccc(S(=O)(=O)N[C@H](Cc2ccccc2)C(=O)O)c1. The summed E-state index contributed by atoms with van der Waals surface area (Å²) in [7, 11) is -3.91. The predicted octanol–water partition coefficient (Wildman–Crippen LogP) is 2.78. The van der Waals surface area contributed by atoms with Gasteiger partial charge in [-0.3, -0.25) is 4.79 Å². The Hall–Kier alpha value is -2.18. The molecule has 0 aliphatic heterocycles. The van der Waals surface area contributed by atoms with E-state index in [4.69, 9.17) is 0 Å². The standard InChI is InChI=1S/C18H21NO4S/c1-13(2)15-9-6-10-16(12-15)24(22,23)19-17(18(20)21)11-14-7-4-3-5-8-14/h3-10,12-13,17,19H,11H2,1-2H3,(H,20,21)/t17-/m1/s1. The second kappa shape index (κ2) is 7.59. The maximum absolute atomic E-state index is 12.5. The molecule has 0 unspecified atom stereocenters. The van der Waals surface area contributed by atoms with Crippen LogP contribution < -0.4 is 4.72 Å². The summed E-state index contributed by atoms with van der Waals surface area (Å²) >= 11 is 0. The van der Waals surface area contributed by atoms with Crippen molar-refractivity contribution in [3.63, 3.8) is 0 Å². The zero-order valence-electron chi connectivity index (χ0n) is 13.6. The fourth-order valence-corrected chi connectivity index (χ4v) is 3.57. The molecule has 5 nitrogen and oxygen atoms in total. The van der Waals surface area contributed by atoms with E-state index in [1.807, 2.05) is 26.0 Å². The Labute approximate surface area is 142 Å². The van der Waals surface area contributed by atoms with Crippen molar-refractivity contribution in [2.75, 3.05) is 0 Å². The Morgan fingerprint density at radius 1 is 1.08 bits per heavy atom. The quantitative estimate of drug-likeness (QED) is 0.807. The van der Waals surface area contributed by atoms with Crippen molar-refractivity contribution in [1.29, 1.82) is 0 Å². The van der Waals surface area contributed by atoms with Gasteiger partial charge in [0.25, 0.3) is 0 Å². The van der Waals surface area contributed by atoms with Crippen LogP contribution in [0.15, 0.2) is 59.5 Å². The molecular formula is C18H21NO4S. The monoisotopic (exact) mass is 347 g/mol. The van der Waals surface area contributed by atoms with Crippen molar-refractivity contribution < 1.29 is 18.3 Å². The average Bonchev–Trinajstić information content (AvgIpc) is 2.55. The van der Waals surface area contributed by atoms with E-state index in [1.165, 1.54) is 6.07 Å². The fourth-order valence-electron chi connectivity index (χ4n) is 2.33. The molecule has 0 bridgehead atoms. The van der Waals surface area contributed by atoms with Crippen LogP contribution in [0.5, 0.6) is 0 Å². The molecule has 0 aliphatic rings. The second-order valence-corrected chi connectivity index (χ2v) is 7.64. The number of carboxylic acid groups (broad SMARTS) is 1. The number of sulfonamides is 1. The average molecular weight is 347 g/mol. The van der Waals surface area contributed by atoms with E-state index in [2.05, 4.69) is 4.72 Å². The summed E-state index contributed by atoms with van der Waals surface area (Å²) in [4.78, 5) is 11.5. The van der Waals surface area contributed by atoms with E-state index in [0.29, 0.717) is 0 Å². The van der Waals surface area contributed by atoms with Gasteiger partial charge in [-0.25, -0.2) is 8.42 Å². The lowest BCUT2D eigenvalue weighted by Gasteiger charge is -2.16. The summed E-state index contributed by atoms with van der Waals surface area (Å²) in [6, 6.07) is 14.3. The summed E-state index contributed by atoms with van der Waals surface area (Å²) in [5.41, 5.74) is 1.64. The van der Waals surface area contributed by atoms with Crippen LogP contribution in [0.1, 0.15) is 30.9 Å². The Bertz CT molecular complexity index is 801. The minimum absolute atomic E-state index is 0.0769. The molecule has 2 rings (SSSR count). The summed E-state index contributed by atoms with van der Waals surface area (Å²) in [6.45, 7) is 3.93. The van der Waals surface area contributed by atoms with Gasteiger partial charge >= 0.3 is 5.97 Å². The molecule has 6 heteroatoms. The highest BCUT2D eigenvalue weighted by molar-refractivity contribution is 7.89. The molecule has 2 N–H and O–H groups in total. The van der Waals surface area contributed by atoms with Gasteiger partial charge in [0.15, 0.2) is 0 Å². The first kappa shape index (κ1) is 18.2. The molecule has 2 aromatic carbocycles. The molecule has 0 aromatic heterocycles. The first-order valence-electron chi connectivity index (χ1n) is 7.68. The van der Waals surface area contributed by atoms with E-state index < -0.39 is 22.0 Å². The molecule has 0 saturated carbocycles. The molecule has 24 heavy (non-hydrogen) atoms. The number of hydrogen-bond acceptors (Lipinski definition) is 3. The number of carboxylic acids is 1. The molecule has 2 aromatic rings. The zero-order chi connectivity index (χ0) is 17.7. The van der Waals surface area contributed by atoms with Gasteiger partial charge in [0, 0.05) is 0 Å². The number of benzene rings is 2. The summed E-state index contributed by atoms with van der Waals surface area (Å²) in [5, 5.41) is 9.36. The Morgan fingerprint density at radius 3 is 2.33 bits per heavy atom. The van der Waals surface area contributed by atoms with Gasteiger partial charge in [0.05, 0.1) is 4.90 Å². The molecule has 0 amide bonds. The minimum atomic E-state index is -3.91. The van der Waals surface area contributed by atoms with Gasteiger partial charge in [-0.2, -0.15) is 4.72 Å². The molecule has 0 saturated heterocycles. The van der Waals surface area contributed by atoms with Gasteiger partial charge in [-0.1, -0.05) is 56.3 Å². The first-order chi connectivity index (χ1) is 11.3. The third kappa shape index (κ3) is 4.66. The van der Waals surface area contributed by atoms with Crippen LogP contribution >= 0.6 is 0 Å². The van der Waals surface area contributed by atoms with E-state index in [-0.39, 0.29) is 17.2 Å². The molecule has 128 valence electrons. The van der Waals surface area contributed by atoms with E-state index in [1.54, 1.807) is 36.4 Å². The van der Waals surface area contributed by atoms with Crippen molar-refractivity contribution in [2.24, 2.45) is 0 Å². The number of aliphatic carboxylic acids is 1. The van der Waals surface area contributed by atoms with E-state index in [9.17, 15) is 18.3 Å². The smallest absolute Gasteiger partial charge is 0.322 e. The molecule has 0 heterocycles. The van der Waals surface area contributed by atoms with Crippen molar-refractivity contribution in [2.45, 2.75) is 37.1 Å². The molecule has 0 spiro atoms. The van der Waals surface area contributed by atoms with Crippen LogP contribution in [0.2, 0.25) is 0 Å². The van der Waals surface area contributed by atoms with Crippen LogP contribution in [-0.2, 0) is 21.2 Å². The maximum atomic E-state index is 12.5. The number of rotatable bonds is 7. The van der Waals surface area contributed by atoms with Crippen LogP contribution in [-0.4, -0.2) is 25.5 Å². The highest BCUT2D eigenvalue weighted by Gasteiger charge is 2.26. The maximum Gasteiger partial charge on any atom is 0.322 e. The molecule has 0 aliphatic carbocycles. The fraction of sp³-hybridized carbons (Fsp3) is 0.278. The van der Waals surface area contributed by atoms with Gasteiger partial charge in [-0.15, -0.1) is 0 Å². The van der Waals surface area contributed by atoms with Gasteiger partial charge in [0.2, 0.25) is 10.0 Å². The third-order valence-corrected chi connectivity index (χ3v) is 5.18. The van der Waals surface area contributed by atoms with Crippen LogP contribution in [0, 0.1) is 0 Å². The van der Waals surface area contributed by atoms with Gasteiger partial charge in [-0.05, 0) is 35.6 Å². The van der Waals surface area contributed by atoms with Crippen LogP contribution in [0.4, 0.5) is 0 Å². The highest BCUT2D eigenvalue weighted by Crippen LogP contribution is 2.19. The number of carbonyl (C=O) groups is 1. The Kier molecular flexibility index (Phi) is 5.75. The van der Waals surface area contributed by atoms with Crippen molar-refractivity contribution >= 4 is 16.0 Å². The highest BCUT2D eigenvalue weighted by atomic mass is 32.2. The van der Waals surface area contributed by atoms with Crippen molar-refractivity contribution in [3.05, 3.63) is 65.7 Å². The molecule has 0 fully saturated rings. The number of hydrogen-bond donors (Lipinski definition) is 2. The largest absolute Gasteiger partial charge is 0.480 e. The van der Waals surface area contributed by atoms with Crippen LogP contribution in [0.3, 0.4) is 0 Å². The number of nitrogens with one attached hydrogen (secondary N) is 1. The van der Waals surface area contributed by atoms with E-state index >= 15 is 0 Å². The summed E-state index contributed by atoms with van der Waals surface area (Å²) in [5.74, 6) is -1.03. The molecule has 1 atom stereocenters. The Balaban J connectivity index is 2.24. The lowest BCUT2D eigenvalue weighted by atomic mass is 10.0. The van der Waals surface area contributed by atoms with Gasteiger partial charge in [0.1, 0.15) is 6.04 Å². The predicted molar refractivity (Wildman–Crippen MR) is 92.4 cm³/mol. The zero-order valence-corrected chi connectivity index (χ0v) is 14.5. The van der Waals surface area contributed by atoms with Gasteiger partial charge < -0.3 is 5.11 Å². The van der Waals surface area contributed by atoms with Crippen LogP contribution in [0.25, 0.3) is 0 Å². The molecular weight excluding hydrogens is 326 g/mol. The summed E-state index contributed by atoms with van der Waals surface area (Å²) in [6.07, 6.45) is 0.0826. The van der Waals surface area contributed by atoms with Crippen molar-refractivity contribution in [1.82, 2.24) is 4.72 Å². The lowest BCUT2D eigenvalue weighted by molar-refractivity contribution is -0.138. The second-order valence-electron chi connectivity index (χ2n) is 5.93.